The first-order valence-corrected chi connectivity index (χ1v) is 4.08. The highest BCUT2D eigenvalue weighted by atomic mass is 32.1. The number of hydrogen-bond acceptors (Lipinski definition) is 6. The maximum absolute atomic E-state index is 3.98. The Bertz CT molecular complexity index is 211. The molecule has 0 aliphatic rings. The van der Waals surface area contributed by atoms with Gasteiger partial charge in [-0.25, -0.2) is 9.97 Å². The molecule has 1 heterocycles. The van der Waals surface area contributed by atoms with Gasteiger partial charge in [0.25, 0.3) is 0 Å². The summed E-state index contributed by atoms with van der Waals surface area (Å²) in [5.74, 6) is 0. The lowest BCUT2D eigenvalue weighted by Gasteiger charge is -1.98. The molecule has 1 aromatic rings. The van der Waals surface area contributed by atoms with Crippen molar-refractivity contribution in [3.63, 3.8) is 0 Å². The van der Waals surface area contributed by atoms with Crippen molar-refractivity contribution in [3.05, 3.63) is 0 Å². The first kappa shape index (κ1) is 8.58. The van der Waals surface area contributed by atoms with Gasteiger partial charge in [-0.15, -0.1) is 50.5 Å². The van der Waals surface area contributed by atoms with Crippen molar-refractivity contribution in [1.29, 1.82) is 0 Å². The molecule has 54 valence electrons. The minimum absolute atomic E-state index is 0.464. The van der Waals surface area contributed by atoms with Crippen LogP contribution in [0.2, 0.25) is 0 Å². The van der Waals surface area contributed by atoms with Crippen LogP contribution < -0.4 is 0 Å². The van der Waals surface area contributed by atoms with Gasteiger partial charge in [0.2, 0.25) is 0 Å². The highest BCUT2D eigenvalue weighted by Gasteiger charge is 2.01. The number of hydrogen-bond donors (Lipinski definition) is 4. The van der Waals surface area contributed by atoms with E-state index in [1.807, 2.05) is 0 Å². The Labute approximate surface area is 80.5 Å². The predicted molar refractivity (Wildman–Crippen MR) is 51.0 cm³/mol. The third kappa shape index (κ3) is 1.75. The lowest BCUT2D eigenvalue weighted by atomic mass is 10.7. The molecule has 0 aliphatic heterocycles. The monoisotopic (exact) mass is 208 g/mol. The molecule has 2 nitrogen and oxygen atoms in total. The summed E-state index contributed by atoms with van der Waals surface area (Å²) in [5, 5.41) is 1.86. The molecule has 0 radical (unpaired) electrons. The Morgan fingerprint density at radius 2 is 0.800 bits per heavy atom. The van der Waals surface area contributed by atoms with Crippen LogP contribution in [0.3, 0.4) is 0 Å². The van der Waals surface area contributed by atoms with Gasteiger partial charge in [0, 0.05) is 0 Å². The second kappa shape index (κ2) is 3.25. The number of nitrogens with zero attached hydrogens (tertiary/aromatic N) is 2. The fourth-order valence-corrected chi connectivity index (χ4v) is 1.16. The summed E-state index contributed by atoms with van der Waals surface area (Å²) in [6, 6.07) is 0. The standard InChI is InChI=1S/C4H4N2S4/c7-1-2(8)6-4(10)3(9)5-1/h(H2,5,7,9)(H2,6,8,10). The van der Waals surface area contributed by atoms with Crippen LogP contribution in [0, 0.1) is 0 Å². The van der Waals surface area contributed by atoms with Crippen LogP contribution >= 0.6 is 50.5 Å². The van der Waals surface area contributed by atoms with E-state index in [2.05, 4.69) is 60.5 Å². The number of rotatable bonds is 0. The highest BCUT2D eigenvalue weighted by molar-refractivity contribution is 7.84. The van der Waals surface area contributed by atoms with E-state index in [9.17, 15) is 0 Å². The van der Waals surface area contributed by atoms with Gasteiger partial charge in [0.15, 0.2) is 0 Å². The molecule has 1 aromatic heterocycles. The fourth-order valence-electron chi connectivity index (χ4n) is 0.401. The number of thiol groups is 4. The van der Waals surface area contributed by atoms with E-state index < -0.39 is 0 Å². The van der Waals surface area contributed by atoms with E-state index in [-0.39, 0.29) is 0 Å². The van der Waals surface area contributed by atoms with Gasteiger partial charge in [-0.2, -0.15) is 0 Å². The molecule has 0 saturated carbocycles. The molecule has 0 aliphatic carbocycles. The summed E-state index contributed by atoms with van der Waals surface area (Å²) < 4.78 is 0. The van der Waals surface area contributed by atoms with Crippen LogP contribution in [-0.4, -0.2) is 9.97 Å². The summed E-state index contributed by atoms with van der Waals surface area (Å²) in [4.78, 5) is 7.77. The fraction of sp³-hybridized carbons (Fsp3) is 0. The van der Waals surface area contributed by atoms with E-state index in [4.69, 9.17) is 0 Å². The molecule has 0 unspecified atom stereocenters. The van der Waals surface area contributed by atoms with Crippen molar-refractivity contribution >= 4 is 50.5 Å². The van der Waals surface area contributed by atoms with Crippen molar-refractivity contribution in [2.24, 2.45) is 0 Å². The van der Waals surface area contributed by atoms with E-state index >= 15 is 0 Å². The SMILES string of the molecule is Sc1nc(S)c(S)nc1S. The second-order valence-electron chi connectivity index (χ2n) is 1.52. The van der Waals surface area contributed by atoms with Crippen molar-refractivity contribution in [1.82, 2.24) is 9.97 Å². The summed E-state index contributed by atoms with van der Waals surface area (Å²) in [7, 11) is 0. The van der Waals surface area contributed by atoms with Crippen LogP contribution in [-0.2, 0) is 0 Å². The maximum atomic E-state index is 3.98. The average Bonchev–Trinajstić information content (AvgIpc) is 1.84. The predicted octanol–water partition coefficient (Wildman–Crippen LogP) is 1.63. The molecule has 0 fully saturated rings. The van der Waals surface area contributed by atoms with Gasteiger partial charge in [-0.05, 0) is 0 Å². The normalized spacial score (nSPS) is 10.0. The highest BCUT2D eigenvalue weighted by Crippen LogP contribution is 2.19. The minimum Gasteiger partial charge on any atom is -0.230 e. The van der Waals surface area contributed by atoms with Gasteiger partial charge >= 0.3 is 0 Å². The zero-order valence-electron chi connectivity index (χ0n) is 4.68. The zero-order valence-corrected chi connectivity index (χ0v) is 8.26. The molecule has 0 amide bonds. The van der Waals surface area contributed by atoms with E-state index in [1.54, 1.807) is 0 Å². The lowest BCUT2D eigenvalue weighted by molar-refractivity contribution is 0.776. The average molecular weight is 208 g/mol. The third-order valence-corrected chi connectivity index (χ3v) is 2.42. The molecule has 0 bridgehead atoms. The second-order valence-corrected chi connectivity index (χ2v) is 3.21. The maximum Gasteiger partial charge on any atom is 0.126 e. The minimum atomic E-state index is 0.464. The van der Waals surface area contributed by atoms with Gasteiger partial charge in [-0.3, -0.25) is 0 Å². The summed E-state index contributed by atoms with van der Waals surface area (Å²) in [5.41, 5.74) is 0. The molecule has 0 saturated heterocycles. The molecular formula is C4H4N2S4. The molecule has 1 rings (SSSR count). The van der Waals surface area contributed by atoms with Crippen molar-refractivity contribution in [2.45, 2.75) is 20.1 Å². The molecule has 10 heavy (non-hydrogen) atoms. The third-order valence-electron chi connectivity index (χ3n) is 0.824. The van der Waals surface area contributed by atoms with Crippen molar-refractivity contribution in [2.75, 3.05) is 0 Å². The van der Waals surface area contributed by atoms with Crippen LogP contribution in [0.5, 0.6) is 0 Å². The van der Waals surface area contributed by atoms with Crippen LogP contribution in [0.15, 0.2) is 20.1 Å². The van der Waals surface area contributed by atoms with E-state index in [1.165, 1.54) is 0 Å². The first-order valence-electron chi connectivity index (χ1n) is 2.29. The Balaban J connectivity index is 3.28. The summed E-state index contributed by atoms with van der Waals surface area (Å²) in [6.07, 6.45) is 0. The molecule has 0 atom stereocenters. The molecular weight excluding hydrogens is 204 g/mol. The van der Waals surface area contributed by atoms with Crippen LogP contribution in [0.1, 0.15) is 0 Å². The van der Waals surface area contributed by atoms with Gasteiger partial charge in [0.1, 0.15) is 20.1 Å². The molecule has 0 aromatic carbocycles. The molecule has 0 spiro atoms. The Hall–Kier alpha value is 0.480. The first-order chi connectivity index (χ1) is 4.61. The quantitative estimate of drug-likeness (QED) is 0.488. The number of aromatic nitrogens is 2. The Morgan fingerprint density at radius 3 is 1.00 bits per heavy atom. The molecule has 6 heteroatoms. The largest absolute Gasteiger partial charge is 0.230 e. The summed E-state index contributed by atoms with van der Waals surface area (Å²) >= 11 is 15.9. The van der Waals surface area contributed by atoms with Crippen LogP contribution in [0.25, 0.3) is 0 Å². The van der Waals surface area contributed by atoms with Crippen molar-refractivity contribution in [3.8, 4) is 0 Å². The topological polar surface area (TPSA) is 25.8 Å². The van der Waals surface area contributed by atoms with E-state index in [0.717, 1.165) is 0 Å². The van der Waals surface area contributed by atoms with Crippen LogP contribution in [0.4, 0.5) is 0 Å². The Kier molecular flexibility index (Phi) is 2.79. The molecule has 0 N–H and O–H groups in total. The smallest absolute Gasteiger partial charge is 0.126 e. The van der Waals surface area contributed by atoms with Gasteiger partial charge < -0.3 is 0 Å². The van der Waals surface area contributed by atoms with Gasteiger partial charge in [0.05, 0.1) is 0 Å². The Morgan fingerprint density at radius 1 is 0.600 bits per heavy atom. The summed E-state index contributed by atoms with van der Waals surface area (Å²) in [6.45, 7) is 0. The van der Waals surface area contributed by atoms with Crippen molar-refractivity contribution < 1.29 is 0 Å². The van der Waals surface area contributed by atoms with Gasteiger partial charge in [-0.1, -0.05) is 0 Å². The van der Waals surface area contributed by atoms with E-state index in [0.29, 0.717) is 20.1 Å². The lowest BCUT2D eigenvalue weighted by Crippen LogP contribution is -1.88. The zero-order chi connectivity index (χ0) is 7.72.